The van der Waals surface area contributed by atoms with Crippen LogP contribution in [0.5, 0.6) is 0 Å². The molecule has 0 aliphatic carbocycles. The van der Waals surface area contributed by atoms with Gasteiger partial charge in [0.25, 0.3) is 0 Å². The maximum Gasteiger partial charge on any atom is 0.178 e. The normalized spacial score (nSPS) is 15.2. The topological polar surface area (TPSA) is 75.3 Å². The molecule has 4 heterocycles. The van der Waals surface area contributed by atoms with E-state index in [1.165, 1.54) is 5.56 Å². The minimum absolute atomic E-state index is 0.781. The Bertz CT molecular complexity index is 895. The van der Waals surface area contributed by atoms with Crippen molar-refractivity contribution in [3.63, 3.8) is 0 Å². The maximum absolute atomic E-state index is 4.68. The number of hydrogen-bond acceptors (Lipinski definition) is 7. The van der Waals surface area contributed by atoms with Crippen LogP contribution in [0.2, 0.25) is 0 Å². The lowest BCUT2D eigenvalue weighted by atomic mass is 10.1. The number of anilines is 2. The van der Waals surface area contributed by atoms with Gasteiger partial charge in [0.1, 0.15) is 18.0 Å². The van der Waals surface area contributed by atoms with Crippen LogP contribution in [0.1, 0.15) is 24.0 Å². The van der Waals surface area contributed by atoms with Gasteiger partial charge in [-0.3, -0.25) is 0 Å². The highest BCUT2D eigenvalue weighted by molar-refractivity contribution is 5.51. The molecular formula is C17H22N8. The number of aromatic nitrogens is 6. The zero-order valence-electron chi connectivity index (χ0n) is 14.8. The van der Waals surface area contributed by atoms with Crippen LogP contribution in [-0.4, -0.2) is 56.0 Å². The van der Waals surface area contributed by atoms with E-state index in [4.69, 9.17) is 0 Å². The second kappa shape index (κ2) is 6.27. The van der Waals surface area contributed by atoms with Crippen molar-refractivity contribution in [2.75, 3.05) is 36.0 Å². The van der Waals surface area contributed by atoms with Gasteiger partial charge in [0.2, 0.25) is 0 Å². The van der Waals surface area contributed by atoms with E-state index in [0.29, 0.717) is 0 Å². The second-order valence-corrected chi connectivity index (χ2v) is 6.30. The molecule has 0 saturated carbocycles. The van der Waals surface area contributed by atoms with Crippen LogP contribution in [0.3, 0.4) is 0 Å². The third-order valence-electron chi connectivity index (χ3n) is 4.80. The fraction of sp³-hybridized carbons (Fsp3) is 0.471. The van der Waals surface area contributed by atoms with Gasteiger partial charge in [0.15, 0.2) is 11.5 Å². The van der Waals surface area contributed by atoms with Crippen molar-refractivity contribution in [1.29, 1.82) is 0 Å². The number of rotatable bonds is 3. The monoisotopic (exact) mass is 338 g/mol. The van der Waals surface area contributed by atoms with Gasteiger partial charge in [0, 0.05) is 37.4 Å². The quantitative estimate of drug-likeness (QED) is 0.715. The molecular weight excluding hydrogens is 316 g/mol. The Kier molecular flexibility index (Phi) is 3.95. The minimum Gasteiger partial charge on any atom is -0.353 e. The molecule has 8 heteroatoms. The number of nitrogens with zero attached hydrogens (tertiary/aromatic N) is 8. The first kappa shape index (κ1) is 15.7. The molecule has 0 atom stereocenters. The summed E-state index contributed by atoms with van der Waals surface area (Å²) in [7, 11) is 0. The standard InChI is InChI=1S/C17H22N8/c1-4-14-12(2)18-11-19-17(14)24-9-7-23(8-10-24)16-6-5-15-21-20-13(3)25(15)22-16/h5-6,11H,4,7-10H2,1-3H3. The highest BCUT2D eigenvalue weighted by atomic mass is 15.4. The number of hydrogen-bond donors (Lipinski definition) is 0. The fourth-order valence-corrected chi connectivity index (χ4v) is 3.38. The first-order chi connectivity index (χ1) is 12.2. The van der Waals surface area contributed by atoms with Gasteiger partial charge in [-0.2, -0.15) is 4.52 Å². The minimum atomic E-state index is 0.781. The Morgan fingerprint density at radius 1 is 0.960 bits per heavy atom. The van der Waals surface area contributed by atoms with E-state index in [1.807, 2.05) is 19.1 Å². The smallest absolute Gasteiger partial charge is 0.178 e. The summed E-state index contributed by atoms with van der Waals surface area (Å²) in [6, 6.07) is 3.99. The summed E-state index contributed by atoms with van der Waals surface area (Å²) in [6.07, 6.45) is 2.62. The Morgan fingerprint density at radius 3 is 2.48 bits per heavy atom. The molecule has 3 aromatic heterocycles. The average molecular weight is 338 g/mol. The molecule has 25 heavy (non-hydrogen) atoms. The Labute approximate surface area is 146 Å². The van der Waals surface area contributed by atoms with E-state index in [9.17, 15) is 0 Å². The van der Waals surface area contributed by atoms with E-state index in [1.54, 1.807) is 10.8 Å². The van der Waals surface area contributed by atoms with Gasteiger partial charge in [0.05, 0.1) is 0 Å². The summed E-state index contributed by atoms with van der Waals surface area (Å²) >= 11 is 0. The van der Waals surface area contributed by atoms with Crippen LogP contribution in [-0.2, 0) is 6.42 Å². The average Bonchev–Trinajstić information content (AvgIpc) is 3.02. The predicted molar refractivity (Wildman–Crippen MR) is 96.1 cm³/mol. The number of aryl methyl sites for hydroxylation is 2. The second-order valence-electron chi connectivity index (χ2n) is 6.30. The van der Waals surface area contributed by atoms with Crippen molar-refractivity contribution in [3.05, 3.63) is 35.5 Å². The molecule has 0 spiro atoms. The highest BCUT2D eigenvalue weighted by Gasteiger charge is 2.22. The van der Waals surface area contributed by atoms with Crippen molar-refractivity contribution in [1.82, 2.24) is 29.8 Å². The highest BCUT2D eigenvalue weighted by Crippen LogP contribution is 2.23. The lowest BCUT2D eigenvalue weighted by Gasteiger charge is -2.36. The molecule has 3 aromatic rings. The fourth-order valence-electron chi connectivity index (χ4n) is 3.38. The third kappa shape index (κ3) is 2.77. The van der Waals surface area contributed by atoms with Crippen LogP contribution in [0.4, 0.5) is 11.6 Å². The van der Waals surface area contributed by atoms with Gasteiger partial charge in [-0.15, -0.1) is 15.3 Å². The molecule has 0 aromatic carbocycles. The summed E-state index contributed by atoms with van der Waals surface area (Å²) in [5.74, 6) is 2.84. The SMILES string of the molecule is CCc1c(C)ncnc1N1CCN(c2ccc3nnc(C)n3n2)CC1. The number of fused-ring (bicyclic) bond motifs is 1. The molecule has 0 amide bonds. The molecule has 0 unspecified atom stereocenters. The molecule has 130 valence electrons. The van der Waals surface area contributed by atoms with E-state index in [2.05, 4.69) is 48.9 Å². The largest absolute Gasteiger partial charge is 0.353 e. The molecule has 0 radical (unpaired) electrons. The van der Waals surface area contributed by atoms with Gasteiger partial charge in [-0.1, -0.05) is 6.92 Å². The zero-order valence-corrected chi connectivity index (χ0v) is 14.8. The molecule has 1 aliphatic rings. The molecule has 8 nitrogen and oxygen atoms in total. The Balaban J connectivity index is 1.53. The van der Waals surface area contributed by atoms with Crippen LogP contribution < -0.4 is 9.80 Å². The summed E-state index contributed by atoms with van der Waals surface area (Å²) in [5, 5.41) is 12.8. The molecule has 4 rings (SSSR count). The van der Waals surface area contributed by atoms with Gasteiger partial charge < -0.3 is 9.80 Å². The Hall–Kier alpha value is -2.77. The molecule has 0 bridgehead atoms. The number of piperazine rings is 1. The van der Waals surface area contributed by atoms with E-state index in [0.717, 1.165) is 61.4 Å². The summed E-state index contributed by atoms with van der Waals surface area (Å²) < 4.78 is 1.80. The Morgan fingerprint density at radius 2 is 1.72 bits per heavy atom. The molecule has 1 saturated heterocycles. The van der Waals surface area contributed by atoms with Crippen LogP contribution >= 0.6 is 0 Å². The zero-order chi connectivity index (χ0) is 17.4. The van der Waals surface area contributed by atoms with E-state index < -0.39 is 0 Å². The lowest BCUT2D eigenvalue weighted by molar-refractivity contribution is 0.631. The molecule has 1 aliphatic heterocycles. The summed E-state index contributed by atoms with van der Waals surface area (Å²) in [4.78, 5) is 13.5. The summed E-state index contributed by atoms with van der Waals surface area (Å²) in [5.41, 5.74) is 3.10. The first-order valence-corrected chi connectivity index (χ1v) is 8.67. The summed E-state index contributed by atoms with van der Waals surface area (Å²) in [6.45, 7) is 9.79. The van der Waals surface area contributed by atoms with Crippen LogP contribution in [0.15, 0.2) is 18.5 Å². The van der Waals surface area contributed by atoms with Crippen molar-refractivity contribution in [2.24, 2.45) is 0 Å². The predicted octanol–water partition coefficient (Wildman–Crippen LogP) is 1.42. The van der Waals surface area contributed by atoms with Crippen molar-refractivity contribution in [2.45, 2.75) is 27.2 Å². The third-order valence-corrected chi connectivity index (χ3v) is 4.80. The van der Waals surface area contributed by atoms with Crippen molar-refractivity contribution >= 4 is 17.3 Å². The van der Waals surface area contributed by atoms with Crippen molar-refractivity contribution < 1.29 is 0 Å². The van der Waals surface area contributed by atoms with Gasteiger partial charge >= 0.3 is 0 Å². The first-order valence-electron chi connectivity index (χ1n) is 8.67. The van der Waals surface area contributed by atoms with Crippen LogP contribution in [0.25, 0.3) is 5.65 Å². The van der Waals surface area contributed by atoms with Crippen molar-refractivity contribution in [3.8, 4) is 0 Å². The van der Waals surface area contributed by atoms with Crippen LogP contribution in [0, 0.1) is 13.8 Å². The maximum atomic E-state index is 4.68. The van der Waals surface area contributed by atoms with E-state index in [-0.39, 0.29) is 0 Å². The van der Waals surface area contributed by atoms with Gasteiger partial charge in [-0.25, -0.2) is 9.97 Å². The van der Waals surface area contributed by atoms with E-state index >= 15 is 0 Å². The molecule has 0 N–H and O–H groups in total. The van der Waals surface area contributed by atoms with Gasteiger partial charge in [-0.05, 0) is 32.4 Å². The molecule has 1 fully saturated rings. The lowest BCUT2D eigenvalue weighted by Crippen LogP contribution is -2.47.